The van der Waals surface area contributed by atoms with Gasteiger partial charge in [0, 0.05) is 24.5 Å². The topological polar surface area (TPSA) is 24.9 Å². The summed E-state index contributed by atoms with van der Waals surface area (Å²) >= 11 is 7.55. The number of nitrogens with one attached hydrogen (secondary N) is 1. The van der Waals surface area contributed by atoms with E-state index in [1.807, 2.05) is 12.1 Å². The third kappa shape index (κ3) is 7.24. The van der Waals surface area contributed by atoms with Crippen molar-refractivity contribution in [3.8, 4) is 0 Å². The van der Waals surface area contributed by atoms with Gasteiger partial charge in [-0.2, -0.15) is 0 Å². The van der Waals surface area contributed by atoms with E-state index in [-0.39, 0.29) is 0 Å². The van der Waals surface area contributed by atoms with E-state index in [2.05, 4.69) is 31.1 Å². The lowest BCUT2D eigenvalue weighted by Gasteiger charge is -2.14. The minimum atomic E-state index is 0.603. The molecule has 0 bridgehead atoms. The largest absolute Gasteiger partial charge is 0.313 e. The van der Waals surface area contributed by atoms with Gasteiger partial charge in [0.05, 0.1) is 10.0 Å². The molecule has 0 aliphatic heterocycles. The first-order valence-electron chi connectivity index (χ1n) is 6.55. The molecule has 102 valence electrons. The fraction of sp³-hybridized carbons (Fsp3) is 0.643. The van der Waals surface area contributed by atoms with Gasteiger partial charge in [-0.1, -0.05) is 25.4 Å². The second kappa shape index (κ2) is 8.78. The van der Waals surface area contributed by atoms with Crippen LogP contribution in [0.4, 0.5) is 0 Å². The molecule has 0 saturated heterocycles. The van der Waals surface area contributed by atoms with Gasteiger partial charge < -0.3 is 5.32 Å². The van der Waals surface area contributed by atoms with Crippen LogP contribution in [0.1, 0.15) is 33.6 Å². The zero-order chi connectivity index (χ0) is 13.4. The van der Waals surface area contributed by atoms with Crippen LogP contribution in [0.3, 0.4) is 0 Å². The van der Waals surface area contributed by atoms with Gasteiger partial charge in [0.25, 0.3) is 0 Å². The normalized spacial score (nSPS) is 12.9. The van der Waals surface area contributed by atoms with E-state index in [1.54, 1.807) is 18.0 Å². The average Bonchev–Trinajstić information content (AvgIpc) is 2.34. The second-order valence-electron chi connectivity index (χ2n) is 4.99. The lowest BCUT2D eigenvalue weighted by molar-refractivity contribution is 0.460. The van der Waals surface area contributed by atoms with Crippen LogP contribution in [-0.2, 0) is 0 Å². The van der Waals surface area contributed by atoms with E-state index >= 15 is 0 Å². The number of hydrogen-bond donors (Lipinski definition) is 1. The van der Waals surface area contributed by atoms with E-state index in [0.717, 1.165) is 23.2 Å². The Morgan fingerprint density at radius 3 is 2.67 bits per heavy atom. The first kappa shape index (κ1) is 15.8. The summed E-state index contributed by atoms with van der Waals surface area (Å²) < 4.78 is 0. The summed E-state index contributed by atoms with van der Waals surface area (Å²) in [6.45, 7) is 7.82. The van der Waals surface area contributed by atoms with Crippen molar-refractivity contribution in [3.05, 3.63) is 23.4 Å². The maximum absolute atomic E-state index is 5.79. The molecule has 0 aromatic carbocycles. The first-order valence-corrected chi connectivity index (χ1v) is 7.92. The van der Waals surface area contributed by atoms with Crippen molar-refractivity contribution in [2.24, 2.45) is 5.92 Å². The first-order chi connectivity index (χ1) is 8.58. The Bertz CT molecular complexity index is 327. The predicted octanol–water partition coefficient (Wildman–Crippen LogP) is 4.24. The van der Waals surface area contributed by atoms with Gasteiger partial charge in [0.1, 0.15) is 0 Å². The highest BCUT2D eigenvalue weighted by atomic mass is 35.5. The summed E-state index contributed by atoms with van der Waals surface area (Å²) in [5.41, 5.74) is 0. The molecule has 1 heterocycles. The molecule has 1 aromatic rings. The summed E-state index contributed by atoms with van der Waals surface area (Å²) in [5, 5.41) is 5.28. The molecule has 1 N–H and O–H groups in total. The van der Waals surface area contributed by atoms with Crippen LogP contribution in [0.5, 0.6) is 0 Å². The van der Waals surface area contributed by atoms with Crippen LogP contribution in [0.25, 0.3) is 0 Å². The highest BCUT2D eigenvalue weighted by Crippen LogP contribution is 2.16. The van der Waals surface area contributed by atoms with Crippen molar-refractivity contribution in [1.82, 2.24) is 10.3 Å². The van der Waals surface area contributed by atoms with Crippen molar-refractivity contribution in [3.63, 3.8) is 0 Å². The smallest absolute Gasteiger partial charge is 0.0961 e. The van der Waals surface area contributed by atoms with Gasteiger partial charge in [-0.25, -0.2) is 4.98 Å². The van der Waals surface area contributed by atoms with E-state index in [0.29, 0.717) is 11.1 Å². The Hall–Kier alpha value is -0.250. The van der Waals surface area contributed by atoms with Gasteiger partial charge in [0.15, 0.2) is 0 Å². The number of aromatic nitrogens is 1. The molecule has 2 nitrogen and oxygen atoms in total. The summed E-state index contributed by atoms with van der Waals surface area (Å²) in [7, 11) is 0. The minimum absolute atomic E-state index is 0.603. The molecule has 0 radical (unpaired) electrons. The average molecular weight is 287 g/mol. The van der Waals surface area contributed by atoms with Gasteiger partial charge >= 0.3 is 0 Å². The molecule has 18 heavy (non-hydrogen) atoms. The highest BCUT2D eigenvalue weighted by Gasteiger charge is 2.03. The molecule has 0 aliphatic carbocycles. The molecular weight excluding hydrogens is 264 g/mol. The molecular formula is C14H23ClN2S. The molecule has 0 amide bonds. The molecule has 1 unspecified atom stereocenters. The molecule has 1 aromatic heterocycles. The lowest BCUT2D eigenvalue weighted by atomic mass is 10.0. The number of hydrogen-bond acceptors (Lipinski definition) is 3. The van der Waals surface area contributed by atoms with Crippen LogP contribution >= 0.6 is 23.4 Å². The SMILES string of the molecule is CC(C)CCC(C)NCCSc1ccc(Cl)cn1. The van der Waals surface area contributed by atoms with Gasteiger partial charge in [-0.15, -0.1) is 11.8 Å². The third-order valence-corrected chi connectivity index (χ3v) is 3.89. The summed E-state index contributed by atoms with van der Waals surface area (Å²) in [6.07, 6.45) is 4.24. The Labute approximate surface area is 120 Å². The summed E-state index contributed by atoms with van der Waals surface area (Å²) in [6, 6.07) is 4.45. The van der Waals surface area contributed by atoms with Crippen molar-refractivity contribution in [1.29, 1.82) is 0 Å². The third-order valence-electron chi connectivity index (χ3n) is 2.72. The Balaban J connectivity index is 2.09. The molecule has 0 saturated carbocycles. The number of halogens is 1. The monoisotopic (exact) mass is 286 g/mol. The summed E-state index contributed by atoms with van der Waals surface area (Å²) in [5.74, 6) is 1.84. The quantitative estimate of drug-likeness (QED) is 0.571. The van der Waals surface area contributed by atoms with Gasteiger partial charge in [0.2, 0.25) is 0 Å². The highest BCUT2D eigenvalue weighted by molar-refractivity contribution is 7.99. The van der Waals surface area contributed by atoms with Gasteiger partial charge in [-0.05, 0) is 37.8 Å². The Morgan fingerprint density at radius 2 is 2.06 bits per heavy atom. The van der Waals surface area contributed by atoms with Crippen LogP contribution in [0.2, 0.25) is 5.02 Å². The van der Waals surface area contributed by atoms with Crippen molar-refractivity contribution in [2.75, 3.05) is 12.3 Å². The standard InChI is InChI=1S/C14H23ClN2S/c1-11(2)4-5-12(3)16-8-9-18-14-7-6-13(15)10-17-14/h6-7,10-12,16H,4-5,8-9H2,1-3H3. The van der Waals surface area contributed by atoms with Crippen molar-refractivity contribution >= 4 is 23.4 Å². The van der Waals surface area contributed by atoms with Crippen LogP contribution < -0.4 is 5.32 Å². The number of rotatable bonds is 8. The molecule has 4 heteroatoms. The lowest BCUT2D eigenvalue weighted by Crippen LogP contribution is -2.28. The number of pyridine rings is 1. The number of thioether (sulfide) groups is 1. The fourth-order valence-corrected chi connectivity index (χ4v) is 2.43. The summed E-state index contributed by atoms with van der Waals surface area (Å²) in [4.78, 5) is 4.26. The molecule has 1 rings (SSSR count). The van der Waals surface area contributed by atoms with Crippen molar-refractivity contribution < 1.29 is 0 Å². The maximum atomic E-state index is 5.79. The molecule has 0 aliphatic rings. The van der Waals surface area contributed by atoms with Crippen LogP contribution in [0.15, 0.2) is 23.4 Å². The fourth-order valence-electron chi connectivity index (χ4n) is 1.59. The Kier molecular flexibility index (Phi) is 7.71. The minimum Gasteiger partial charge on any atom is -0.313 e. The van der Waals surface area contributed by atoms with E-state index in [9.17, 15) is 0 Å². The van der Waals surface area contributed by atoms with Gasteiger partial charge in [-0.3, -0.25) is 0 Å². The van der Waals surface area contributed by atoms with E-state index in [4.69, 9.17) is 11.6 Å². The van der Waals surface area contributed by atoms with Crippen LogP contribution in [-0.4, -0.2) is 23.3 Å². The second-order valence-corrected chi connectivity index (χ2v) is 6.54. The predicted molar refractivity (Wildman–Crippen MR) is 81.5 cm³/mol. The Morgan fingerprint density at radius 1 is 1.28 bits per heavy atom. The molecule has 1 atom stereocenters. The zero-order valence-electron chi connectivity index (χ0n) is 11.4. The maximum Gasteiger partial charge on any atom is 0.0961 e. The molecule has 0 spiro atoms. The van der Waals surface area contributed by atoms with E-state index < -0.39 is 0 Å². The zero-order valence-corrected chi connectivity index (χ0v) is 13.0. The molecule has 0 fully saturated rings. The number of nitrogens with zero attached hydrogens (tertiary/aromatic N) is 1. The van der Waals surface area contributed by atoms with E-state index in [1.165, 1.54) is 12.8 Å². The van der Waals surface area contributed by atoms with Crippen molar-refractivity contribution in [2.45, 2.75) is 44.7 Å². The van der Waals surface area contributed by atoms with Crippen LogP contribution in [0, 0.1) is 5.92 Å².